The van der Waals surface area contributed by atoms with E-state index in [1.807, 2.05) is 23.4 Å². The standard InChI is InChI=1S/C20H25FN2O3/c1-12-14-10-13(21)4-5-15(14)22(2)18(12)19(25)23-8-6-20(7-9-23)16(24)11-17(20)26-3/h4-5,10,16-17,24H,6-9,11H2,1-3H3/t16-,17+/m1/s1. The number of rotatable bonds is 2. The van der Waals surface area contributed by atoms with Gasteiger partial charge in [0.05, 0.1) is 12.2 Å². The normalized spacial score (nSPS) is 24.9. The molecule has 1 saturated carbocycles. The Morgan fingerprint density at radius 2 is 2.04 bits per heavy atom. The van der Waals surface area contributed by atoms with Crippen molar-refractivity contribution < 1.29 is 19.0 Å². The third kappa shape index (κ3) is 2.32. The summed E-state index contributed by atoms with van der Waals surface area (Å²) in [5.41, 5.74) is 2.07. The summed E-state index contributed by atoms with van der Waals surface area (Å²) in [6.07, 6.45) is 1.91. The Morgan fingerprint density at radius 1 is 1.35 bits per heavy atom. The lowest BCUT2D eigenvalue weighted by atomic mass is 9.58. The third-order valence-corrected chi connectivity index (χ3v) is 6.63. The highest BCUT2D eigenvalue weighted by Gasteiger charge is 2.56. The molecular weight excluding hydrogens is 335 g/mol. The number of amides is 1. The van der Waals surface area contributed by atoms with Crippen LogP contribution >= 0.6 is 0 Å². The van der Waals surface area contributed by atoms with Crippen LogP contribution in [0.1, 0.15) is 35.3 Å². The van der Waals surface area contributed by atoms with Gasteiger partial charge in [0.1, 0.15) is 11.5 Å². The number of carbonyl (C=O) groups is 1. The molecule has 2 fully saturated rings. The number of piperidine rings is 1. The number of halogens is 1. The van der Waals surface area contributed by atoms with Crippen LogP contribution in [0.2, 0.25) is 0 Å². The van der Waals surface area contributed by atoms with Gasteiger partial charge >= 0.3 is 0 Å². The van der Waals surface area contributed by atoms with Crippen molar-refractivity contribution in [1.29, 1.82) is 0 Å². The summed E-state index contributed by atoms with van der Waals surface area (Å²) in [6, 6.07) is 4.62. The molecule has 1 aromatic carbocycles. The monoisotopic (exact) mass is 360 g/mol. The molecule has 6 heteroatoms. The number of likely N-dealkylation sites (tertiary alicyclic amines) is 1. The second kappa shape index (κ2) is 6.06. The third-order valence-electron chi connectivity index (χ3n) is 6.63. The van der Waals surface area contributed by atoms with E-state index in [-0.39, 0.29) is 29.3 Å². The van der Waals surface area contributed by atoms with E-state index in [4.69, 9.17) is 4.74 Å². The smallest absolute Gasteiger partial charge is 0.270 e. The van der Waals surface area contributed by atoms with Gasteiger partial charge in [-0.25, -0.2) is 4.39 Å². The van der Waals surface area contributed by atoms with Crippen LogP contribution in [0.15, 0.2) is 18.2 Å². The van der Waals surface area contributed by atoms with E-state index < -0.39 is 0 Å². The molecule has 1 aliphatic heterocycles. The Hall–Kier alpha value is -1.92. The van der Waals surface area contributed by atoms with Crippen LogP contribution in [0, 0.1) is 18.2 Å². The van der Waals surface area contributed by atoms with Crippen LogP contribution in [0.25, 0.3) is 10.9 Å². The first-order chi connectivity index (χ1) is 12.4. The van der Waals surface area contributed by atoms with Gasteiger partial charge < -0.3 is 19.3 Å². The van der Waals surface area contributed by atoms with Gasteiger partial charge in [-0.05, 0) is 43.5 Å². The fraction of sp³-hybridized carbons (Fsp3) is 0.550. The minimum Gasteiger partial charge on any atom is -0.392 e. The molecule has 26 heavy (non-hydrogen) atoms. The molecule has 1 aromatic heterocycles. The first-order valence-corrected chi connectivity index (χ1v) is 9.13. The van der Waals surface area contributed by atoms with E-state index in [1.54, 1.807) is 13.2 Å². The van der Waals surface area contributed by atoms with Crippen LogP contribution in [0.3, 0.4) is 0 Å². The number of aliphatic hydroxyl groups is 1. The number of fused-ring (bicyclic) bond motifs is 1. The highest BCUT2D eigenvalue weighted by Crippen LogP contribution is 2.50. The van der Waals surface area contributed by atoms with Crippen molar-refractivity contribution in [2.75, 3.05) is 20.2 Å². The fourth-order valence-corrected chi connectivity index (χ4v) is 4.89. The Kier molecular flexibility index (Phi) is 4.08. The Bertz CT molecular complexity index is 868. The van der Waals surface area contributed by atoms with Gasteiger partial charge in [0.2, 0.25) is 0 Å². The number of hydrogen-bond acceptors (Lipinski definition) is 3. The van der Waals surface area contributed by atoms with E-state index in [0.29, 0.717) is 25.2 Å². The van der Waals surface area contributed by atoms with Gasteiger partial charge in [0.15, 0.2) is 0 Å². The van der Waals surface area contributed by atoms with Crippen molar-refractivity contribution in [1.82, 2.24) is 9.47 Å². The molecule has 1 N–H and O–H groups in total. The number of benzene rings is 1. The second-order valence-corrected chi connectivity index (χ2v) is 7.70. The number of carbonyl (C=O) groups excluding carboxylic acids is 1. The van der Waals surface area contributed by atoms with Crippen molar-refractivity contribution in [3.8, 4) is 0 Å². The molecule has 140 valence electrons. The largest absolute Gasteiger partial charge is 0.392 e. The molecule has 1 aliphatic carbocycles. The minimum atomic E-state index is -0.341. The lowest BCUT2D eigenvalue weighted by Crippen LogP contribution is -2.62. The number of nitrogens with zero attached hydrogens (tertiary/aromatic N) is 2. The number of hydrogen-bond donors (Lipinski definition) is 1. The van der Waals surface area contributed by atoms with Gasteiger partial charge in [-0.2, -0.15) is 0 Å². The summed E-state index contributed by atoms with van der Waals surface area (Å²) in [7, 11) is 3.54. The fourth-order valence-electron chi connectivity index (χ4n) is 4.89. The Morgan fingerprint density at radius 3 is 2.65 bits per heavy atom. The molecule has 2 atom stereocenters. The highest BCUT2D eigenvalue weighted by atomic mass is 19.1. The second-order valence-electron chi connectivity index (χ2n) is 7.70. The number of aromatic nitrogens is 1. The van der Waals surface area contributed by atoms with Crippen LogP contribution in [0.5, 0.6) is 0 Å². The molecule has 1 amide bonds. The number of methoxy groups -OCH3 is 1. The van der Waals surface area contributed by atoms with Crippen molar-refractivity contribution in [2.45, 2.75) is 38.4 Å². The van der Waals surface area contributed by atoms with Gasteiger partial charge in [0.25, 0.3) is 5.91 Å². The first kappa shape index (κ1) is 17.5. The summed E-state index contributed by atoms with van der Waals surface area (Å²) in [5.74, 6) is -0.325. The van der Waals surface area contributed by atoms with E-state index >= 15 is 0 Å². The van der Waals surface area contributed by atoms with Crippen molar-refractivity contribution in [2.24, 2.45) is 12.5 Å². The number of ether oxygens (including phenoxy) is 1. The average Bonchev–Trinajstić information content (AvgIpc) is 2.89. The highest BCUT2D eigenvalue weighted by molar-refractivity contribution is 6.01. The van der Waals surface area contributed by atoms with E-state index in [1.165, 1.54) is 12.1 Å². The first-order valence-electron chi connectivity index (χ1n) is 9.13. The molecular formula is C20H25FN2O3. The maximum Gasteiger partial charge on any atom is 0.270 e. The zero-order valence-electron chi connectivity index (χ0n) is 15.5. The Labute approximate surface area is 152 Å². The quantitative estimate of drug-likeness (QED) is 0.896. The van der Waals surface area contributed by atoms with Crippen LogP contribution in [0.4, 0.5) is 4.39 Å². The van der Waals surface area contributed by atoms with E-state index in [0.717, 1.165) is 29.3 Å². The lowest BCUT2D eigenvalue weighted by Gasteiger charge is -2.56. The Balaban J connectivity index is 1.59. The molecule has 2 aromatic rings. The molecule has 5 nitrogen and oxygen atoms in total. The average molecular weight is 360 g/mol. The maximum atomic E-state index is 13.6. The van der Waals surface area contributed by atoms with Gasteiger partial charge in [-0.3, -0.25) is 4.79 Å². The van der Waals surface area contributed by atoms with Crippen LogP contribution in [-0.2, 0) is 11.8 Å². The maximum absolute atomic E-state index is 13.6. The topological polar surface area (TPSA) is 54.7 Å². The molecule has 0 bridgehead atoms. The van der Waals surface area contributed by atoms with E-state index in [9.17, 15) is 14.3 Å². The van der Waals surface area contributed by atoms with E-state index in [2.05, 4.69) is 0 Å². The summed E-state index contributed by atoms with van der Waals surface area (Å²) in [5, 5.41) is 11.0. The summed E-state index contributed by atoms with van der Waals surface area (Å²) in [6.45, 7) is 3.08. The SMILES string of the molecule is CO[C@H]1C[C@@H](O)C12CCN(C(=O)c1c(C)c3cc(F)ccc3n1C)CC2. The van der Waals surface area contributed by atoms with Crippen LogP contribution in [-0.4, -0.2) is 52.9 Å². The van der Waals surface area contributed by atoms with Crippen molar-refractivity contribution in [3.63, 3.8) is 0 Å². The summed E-state index contributed by atoms with van der Waals surface area (Å²) in [4.78, 5) is 15.0. The van der Waals surface area contributed by atoms with Crippen LogP contribution < -0.4 is 0 Å². The molecule has 0 unspecified atom stereocenters. The number of aliphatic hydroxyl groups excluding tert-OH is 1. The predicted octanol–water partition coefficient (Wildman–Crippen LogP) is 2.63. The summed E-state index contributed by atoms with van der Waals surface area (Å²) >= 11 is 0. The van der Waals surface area contributed by atoms with Crippen molar-refractivity contribution >= 4 is 16.8 Å². The zero-order valence-corrected chi connectivity index (χ0v) is 15.5. The van der Waals surface area contributed by atoms with Gasteiger partial charge in [0, 0.05) is 50.0 Å². The molecule has 1 saturated heterocycles. The molecule has 2 heterocycles. The summed E-state index contributed by atoms with van der Waals surface area (Å²) < 4.78 is 21.0. The van der Waals surface area contributed by atoms with Gasteiger partial charge in [-0.15, -0.1) is 0 Å². The molecule has 1 spiro atoms. The predicted molar refractivity (Wildman–Crippen MR) is 96.6 cm³/mol. The lowest BCUT2D eigenvalue weighted by molar-refractivity contribution is -0.199. The molecule has 0 radical (unpaired) electrons. The van der Waals surface area contributed by atoms with Gasteiger partial charge in [-0.1, -0.05) is 0 Å². The number of aryl methyl sites for hydroxylation is 2. The van der Waals surface area contributed by atoms with Crippen molar-refractivity contribution in [3.05, 3.63) is 35.3 Å². The molecule has 4 rings (SSSR count). The minimum absolute atomic E-state index is 0.0285. The molecule has 2 aliphatic rings. The zero-order chi connectivity index (χ0) is 18.6.